The molecule has 7 nitrogen and oxygen atoms in total. The van der Waals surface area contributed by atoms with E-state index in [-0.39, 0.29) is 16.6 Å². The van der Waals surface area contributed by atoms with Gasteiger partial charge >= 0.3 is 0 Å². The second kappa shape index (κ2) is 9.83. The lowest BCUT2D eigenvalue weighted by molar-refractivity contribution is 0.102. The molecule has 1 N–H and O–H groups in total. The third kappa shape index (κ3) is 5.46. The van der Waals surface area contributed by atoms with Crippen LogP contribution in [0.2, 0.25) is 5.02 Å². The lowest BCUT2D eigenvalue weighted by Crippen LogP contribution is -2.47. The number of hydrogen-bond donors (Lipinski definition) is 1. The van der Waals surface area contributed by atoms with Gasteiger partial charge in [-0.1, -0.05) is 17.7 Å². The van der Waals surface area contributed by atoms with Crippen molar-refractivity contribution in [2.24, 2.45) is 5.92 Å². The Morgan fingerprint density at radius 2 is 1.94 bits per heavy atom. The first kappa shape index (κ1) is 21.8. The van der Waals surface area contributed by atoms with E-state index in [0.717, 1.165) is 56.6 Å². The molecule has 8 heteroatoms. The summed E-state index contributed by atoms with van der Waals surface area (Å²) in [7, 11) is 0. The second-order valence-corrected chi connectivity index (χ2v) is 8.68. The standard InChI is InChI=1S/C23H31ClN6O/c1-3-29(4-2)23-25-15-20(24)21(27-23)22(31)26-18-6-5-7-19(14-18)30-12-10-28(11-13-30)16-17-8-9-17/h5-7,14-15,17H,3-4,8-13,16H2,1-2H3,(H,26,31). The molecule has 0 bridgehead atoms. The fourth-order valence-electron chi connectivity index (χ4n) is 4.00. The summed E-state index contributed by atoms with van der Waals surface area (Å²) in [6.07, 6.45) is 4.29. The van der Waals surface area contributed by atoms with Crippen LogP contribution >= 0.6 is 11.6 Å². The zero-order valence-electron chi connectivity index (χ0n) is 18.4. The zero-order valence-corrected chi connectivity index (χ0v) is 19.1. The molecule has 166 valence electrons. The molecule has 1 aromatic carbocycles. The molecule has 4 rings (SSSR count). The fourth-order valence-corrected chi connectivity index (χ4v) is 4.18. The number of piperazine rings is 1. The minimum absolute atomic E-state index is 0.192. The quantitative estimate of drug-likeness (QED) is 0.671. The van der Waals surface area contributed by atoms with Crippen LogP contribution in [-0.4, -0.2) is 66.6 Å². The van der Waals surface area contributed by atoms with E-state index in [2.05, 4.69) is 31.2 Å². The van der Waals surface area contributed by atoms with Gasteiger partial charge in [0.15, 0.2) is 5.69 Å². The van der Waals surface area contributed by atoms with E-state index in [1.165, 1.54) is 25.6 Å². The Hall–Kier alpha value is -2.38. The Kier molecular flexibility index (Phi) is 6.92. The summed E-state index contributed by atoms with van der Waals surface area (Å²) in [5.74, 6) is 1.12. The molecule has 1 saturated carbocycles. The summed E-state index contributed by atoms with van der Waals surface area (Å²) in [6.45, 7) is 11.0. The minimum atomic E-state index is -0.327. The van der Waals surface area contributed by atoms with Crippen molar-refractivity contribution in [3.63, 3.8) is 0 Å². The van der Waals surface area contributed by atoms with Crippen molar-refractivity contribution >= 4 is 34.8 Å². The van der Waals surface area contributed by atoms with Crippen LogP contribution in [0.3, 0.4) is 0 Å². The summed E-state index contributed by atoms with van der Waals surface area (Å²) < 4.78 is 0. The Morgan fingerprint density at radius 3 is 2.61 bits per heavy atom. The summed E-state index contributed by atoms with van der Waals surface area (Å²) in [5, 5.41) is 3.20. The van der Waals surface area contributed by atoms with Crippen molar-refractivity contribution in [2.75, 3.05) is 60.9 Å². The number of hydrogen-bond acceptors (Lipinski definition) is 6. The van der Waals surface area contributed by atoms with Crippen molar-refractivity contribution in [3.8, 4) is 0 Å². The molecule has 2 aliphatic rings. The van der Waals surface area contributed by atoms with Gasteiger partial charge in [0.1, 0.15) is 0 Å². The normalized spacial score (nSPS) is 16.9. The Bertz CT molecular complexity index is 907. The van der Waals surface area contributed by atoms with Crippen LogP contribution in [-0.2, 0) is 0 Å². The van der Waals surface area contributed by atoms with Gasteiger partial charge in [-0.3, -0.25) is 9.69 Å². The third-order valence-corrected chi connectivity index (χ3v) is 6.32. The highest BCUT2D eigenvalue weighted by atomic mass is 35.5. The largest absolute Gasteiger partial charge is 0.369 e. The van der Waals surface area contributed by atoms with Gasteiger partial charge in [-0.05, 0) is 50.8 Å². The maximum atomic E-state index is 12.9. The first-order chi connectivity index (χ1) is 15.1. The number of aromatic nitrogens is 2. The molecule has 1 amide bonds. The van der Waals surface area contributed by atoms with Crippen LogP contribution in [0.4, 0.5) is 17.3 Å². The van der Waals surface area contributed by atoms with Gasteiger partial charge < -0.3 is 15.1 Å². The Morgan fingerprint density at radius 1 is 1.19 bits per heavy atom. The van der Waals surface area contributed by atoms with Crippen molar-refractivity contribution in [2.45, 2.75) is 26.7 Å². The predicted molar refractivity (Wildman–Crippen MR) is 126 cm³/mol. The Balaban J connectivity index is 1.42. The first-order valence-corrected chi connectivity index (χ1v) is 11.6. The van der Waals surface area contributed by atoms with Crippen LogP contribution in [0.5, 0.6) is 0 Å². The molecular formula is C23H31ClN6O. The summed E-state index contributed by atoms with van der Waals surface area (Å²) in [4.78, 5) is 28.5. The topological polar surface area (TPSA) is 64.6 Å². The van der Waals surface area contributed by atoms with Gasteiger partial charge in [0.2, 0.25) is 5.95 Å². The Labute approximate surface area is 189 Å². The molecule has 1 saturated heterocycles. The smallest absolute Gasteiger partial charge is 0.276 e. The molecular weight excluding hydrogens is 412 g/mol. The van der Waals surface area contributed by atoms with Crippen LogP contribution in [0.1, 0.15) is 37.2 Å². The number of halogens is 1. The third-order valence-electron chi connectivity index (χ3n) is 6.05. The van der Waals surface area contributed by atoms with E-state index in [1.807, 2.05) is 36.9 Å². The summed E-state index contributed by atoms with van der Waals surface area (Å²) in [5.41, 5.74) is 2.06. The molecule has 2 aromatic rings. The molecule has 2 heterocycles. The molecule has 2 fully saturated rings. The highest BCUT2D eigenvalue weighted by molar-refractivity contribution is 6.34. The number of nitrogens with zero attached hydrogens (tertiary/aromatic N) is 5. The lowest BCUT2D eigenvalue weighted by Gasteiger charge is -2.36. The zero-order chi connectivity index (χ0) is 21.8. The second-order valence-electron chi connectivity index (χ2n) is 8.27. The maximum Gasteiger partial charge on any atom is 0.276 e. The predicted octanol–water partition coefficient (Wildman–Crippen LogP) is 3.76. The summed E-state index contributed by atoms with van der Waals surface area (Å²) >= 11 is 6.24. The van der Waals surface area contributed by atoms with Crippen molar-refractivity contribution in [3.05, 3.63) is 41.2 Å². The van der Waals surface area contributed by atoms with Crippen molar-refractivity contribution in [1.82, 2.24) is 14.9 Å². The fraction of sp³-hybridized carbons (Fsp3) is 0.522. The monoisotopic (exact) mass is 442 g/mol. The molecule has 0 unspecified atom stereocenters. The van der Waals surface area contributed by atoms with Crippen molar-refractivity contribution in [1.29, 1.82) is 0 Å². The maximum absolute atomic E-state index is 12.9. The van der Waals surface area contributed by atoms with E-state index in [9.17, 15) is 4.79 Å². The van der Waals surface area contributed by atoms with Crippen LogP contribution < -0.4 is 15.1 Å². The molecule has 31 heavy (non-hydrogen) atoms. The lowest BCUT2D eigenvalue weighted by atomic mass is 10.2. The average Bonchev–Trinajstić information content (AvgIpc) is 3.60. The number of benzene rings is 1. The van der Waals surface area contributed by atoms with Crippen LogP contribution in [0.25, 0.3) is 0 Å². The van der Waals surface area contributed by atoms with E-state index in [1.54, 1.807) is 0 Å². The summed E-state index contributed by atoms with van der Waals surface area (Å²) in [6, 6.07) is 7.99. The van der Waals surface area contributed by atoms with Gasteiger partial charge in [-0.15, -0.1) is 0 Å². The van der Waals surface area contributed by atoms with Gasteiger partial charge in [-0.25, -0.2) is 9.97 Å². The highest BCUT2D eigenvalue weighted by Gasteiger charge is 2.26. The molecule has 0 spiro atoms. The highest BCUT2D eigenvalue weighted by Crippen LogP contribution is 2.30. The van der Waals surface area contributed by atoms with Gasteiger partial charge in [0.05, 0.1) is 11.2 Å². The first-order valence-electron chi connectivity index (χ1n) is 11.2. The molecule has 1 aromatic heterocycles. The van der Waals surface area contributed by atoms with Gasteiger partial charge in [0, 0.05) is 57.2 Å². The van der Waals surface area contributed by atoms with Gasteiger partial charge in [-0.2, -0.15) is 0 Å². The molecule has 0 atom stereocenters. The van der Waals surface area contributed by atoms with Crippen LogP contribution in [0, 0.1) is 5.92 Å². The number of carbonyl (C=O) groups is 1. The number of anilines is 3. The van der Waals surface area contributed by atoms with Gasteiger partial charge in [0.25, 0.3) is 5.91 Å². The molecule has 0 radical (unpaired) electrons. The number of rotatable bonds is 8. The van der Waals surface area contributed by atoms with E-state index >= 15 is 0 Å². The molecule has 1 aliphatic heterocycles. The SMILES string of the molecule is CCN(CC)c1ncc(Cl)c(C(=O)Nc2cccc(N3CCN(CC4CC4)CC3)c2)n1. The minimum Gasteiger partial charge on any atom is -0.369 e. The van der Waals surface area contributed by atoms with Crippen LogP contribution in [0.15, 0.2) is 30.5 Å². The van der Waals surface area contributed by atoms with E-state index < -0.39 is 0 Å². The van der Waals surface area contributed by atoms with Crippen molar-refractivity contribution < 1.29 is 4.79 Å². The number of nitrogens with one attached hydrogen (secondary N) is 1. The number of amides is 1. The van der Waals surface area contributed by atoms with E-state index in [0.29, 0.717) is 5.95 Å². The van der Waals surface area contributed by atoms with E-state index in [4.69, 9.17) is 11.6 Å². The molecule has 1 aliphatic carbocycles. The average molecular weight is 443 g/mol. The number of carbonyl (C=O) groups excluding carboxylic acids is 1.